The molecule has 12 nitrogen and oxygen atoms in total. The van der Waals surface area contributed by atoms with Crippen molar-refractivity contribution in [2.45, 2.75) is 38.9 Å². The van der Waals surface area contributed by atoms with Crippen LogP contribution in [0.25, 0.3) is 54.7 Å². The number of pyridine rings is 4. The van der Waals surface area contributed by atoms with Gasteiger partial charge >= 0.3 is 7.12 Å². The van der Waals surface area contributed by atoms with E-state index in [1.54, 1.807) is 55.1 Å². The minimum Gasteiger partial charge on any atom is -0.399 e. The number of benzene rings is 4. The third-order valence-corrected chi connectivity index (χ3v) is 12.3. The summed E-state index contributed by atoms with van der Waals surface area (Å²) >= 11 is 3.41. The van der Waals surface area contributed by atoms with E-state index in [4.69, 9.17) is 9.31 Å². The molecule has 0 aliphatic carbocycles. The summed E-state index contributed by atoms with van der Waals surface area (Å²) in [6.45, 7) is 7.90. The molecule has 7 heterocycles. The van der Waals surface area contributed by atoms with Crippen LogP contribution >= 0.6 is 15.9 Å². The molecule has 0 saturated carbocycles. The molecule has 8 aromatic rings. The maximum atomic E-state index is 12.2. The predicted octanol–water partition coefficient (Wildman–Crippen LogP) is 8.43. The molecular weight excluding hydrogens is 847 g/mol. The molecule has 0 unspecified atom stereocenters. The number of fused-ring (bicyclic) bond motifs is 8. The standard InChI is InChI=1S/C21H13N3O2.C15H18BNO4.C12H7BrN2/c1-24-20(25)16-7-6-13(10-17(16)21(24)26)15-9-14-5-4-12-3-2-8-22-18(12)19(14)23-11-15;1-14(2)15(3,4)21-16(20-14)9-6-7-10-11(8-9)13(19)17(5)12(10)18;13-10-6-9-4-3-8-2-1-5-14-11(8)12(9)15-7-10/h2-11H,1H3;6-8H,1-5H3;1-7H. The molecule has 0 bridgehead atoms. The molecule has 0 spiro atoms. The summed E-state index contributed by atoms with van der Waals surface area (Å²) in [6, 6.07) is 30.6. The molecule has 62 heavy (non-hydrogen) atoms. The minimum absolute atomic E-state index is 0.259. The summed E-state index contributed by atoms with van der Waals surface area (Å²) in [5.74, 6) is -1.08. The molecular formula is C48H38BBrN6O6. The zero-order chi connectivity index (χ0) is 43.7. The smallest absolute Gasteiger partial charge is 0.399 e. The minimum atomic E-state index is -0.533. The Balaban J connectivity index is 0.000000123. The van der Waals surface area contributed by atoms with Gasteiger partial charge < -0.3 is 9.31 Å². The van der Waals surface area contributed by atoms with Gasteiger partial charge in [0.05, 0.1) is 55.5 Å². The molecule has 4 aromatic heterocycles. The normalized spacial score (nSPS) is 16.1. The lowest BCUT2D eigenvalue weighted by Gasteiger charge is -2.32. The van der Waals surface area contributed by atoms with Crippen molar-refractivity contribution in [2.24, 2.45) is 0 Å². The molecule has 306 valence electrons. The third kappa shape index (κ3) is 6.99. The van der Waals surface area contributed by atoms with Gasteiger partial charge in [-0.1, -0.05) is 48.5 Å². The van der Waals surface area contributed by atoms with Crippen molar-refractivity contribution >= 4 is 95.8 Å². The van der Waals surface area contributed by atoms with Gasteiger partial charge in [-0.25, -0.2) is 0 Å². The fraction of sp³-hybridized carbons (Fsp3) is 0.167. The van der Waals surface area contributed by atoms with Crippen molar-refractivity contribution in [2.75, 3.05) is 14.1 Å². The highest BCUT2D eigenvalue weighted by atomic mass is 79.9. The summed E-state index contributed by atoms with van der Waals surface area (Å²) in [4.78, 5) is 68.3. The zero-order valence-electron chi connectivity index (χ0n) is 34.6. The maximum absolute atomic E-state index is 12.2. The molecule has 0 atom stereocenters. The maximum Gasteiger partial charge on any atom is 0.494 e. The Morgan fingerprint density at radius 2 is 0.968 bits per heavy atom. The van der Waals surface area contributed by atoms with Crippen molar-refractivity contribution in [3.63, 3.8) is 0 Å². The Bertz CT molecular complexity index is 3200. The van der Waals surface area contributed by atoms with Crippen molar-refractivity contribution in [1.29, 1.82) is 0 Å². The topological polar surface area (TPSA) is 145 Å². The second kappa shape index (κ2) is 15.3. The van der Waals surface area contributed by atoms with E-state index in [9.17, 15) is 19.2 Å². The van der Waals surface area contributed by atoms with Crippen molar-refractivity contribution in [3.05, 3.63) is 149 Å². The number of rotatable bonds is 2. The van der Waals surface area contributed by atoms with Crippen LogP contribution in [0.2, 0.25) is 0 Å². The first kappa shape index (κ1) is 40.7. The van der Waals surface area contributed by atoms with Crippen molar-refractivity contribution in [3.8, 4) is 11.1 Å². The molecule has 1 saturated heterocycles. The summed E-state index contributed by atoms with van der Waals surface area (Å²) in [5.41, 5.74) is 6.99. The van der Waals surface area contributed by atoms with Crippen LogP contribution in [-0.4, -0.2) is 85.8 Å². The Hall–Kier alpha value is -6.74. The average molecular weight is 886 g/mol. The second-order valence-corrected chi connectivity index (χ2v) is 17.2. The highest BCUT2D eigenvalue weighted by molar-refractivity contribution is 9.10. The van der Waals surface area contributed by atoms with Gasteiger partial charge in [-0.3, -0.25) is 48.9 Å². The Morgan fingerprint density at radius 1 is 0.500 bits per heavy atom. The van der Waals surface area contributed by atoms with E-state index >= 15 is 0 Å². The number of amides is 4. The number of aromatic nitrogens is 4. The van der Waals surface area contributed by atoms with E-state index < -0.39 is 18.3 Å². The van der Waals surface area contributed by atoms with E-state index in [1.165, 1.54) is 14.1 Å². The van der Waals surface area contributed by atoms with Crippen LogP contribution in [-0.2, 0) is 9.31 Å². The van der Waals surface area contributed by atoms with Crippen LogP contribution in [0.1, 0.15) is 69.1 Å². The molecule has 3 aliphatic heterocycles. The number of halogens is 1. The van der Waals surface area contributed by atoms with Crippen LogP contribution in [0.15, 0.2) is 126 Å². The Morgan fingerprint density at radius 3 is 1.55 bits per heavy atom. The lowest BCUT2D eigenvalue weighted by Crippen LogP contribution is -2.41. The SMILES string of the molecule is Brc1cnc2c(ccc3cccnc32)c1.CN1C(=O)c2ccc(-c3cnc4c(ccc5cccnc54)c3)cc2C1=O.CN1C(=O)c2ccc(B3OC(C)(C)C(C)(C)O3)cc2C1=O. The molecule has 0 radical (unpaired) electrons. The fourth-order valence-electron chi connectivity index (χ4n) is 7.65. The van der Waals surface area contributed by atoms with Gasteiger partial charge in [0.1, 0.15) is 0 Å². The first-order valence-corrected chi connectivity index (χ1v) is 20.6. The summed E-state index contributed by atoms with van der Waals surface area (Å²) in [6.07, 6.45) is 7.14. The first-order valence-electron chi connectivity index (χ1n) is 19.8. The molecule has 14 heteroatoms. The van der Waals surface area contributed by atoms with Crippen LogP contribution in [0.4, 0.5) is 0 Å². The van der Waals surface area contributed by atoms with Crippen molar-refractivity contribution < 1.29 is 28.5 Å². The van der Waals surface area contributed by atoms with Gasteiger partial charge in [-0.15, -0.1) is 0 Å². The number of hydrogen-bond acceptors (Lipinski definition) is 10. The molecule has 3 aliphatic rings. The van der Waals surface area contributed by atoms with Crippen LogP contribution in [0, 0.1) is 0 Å². The Labute approximate surface area is 365 Å². The molecule has 0 N–H and O–H groups in total. The zero-order valence-corrected chi connectivity index (χ0v) is 36.2. The summed E-state index contributed by atoms with van der Waals surface area (Å²) in [5, 5.41) is 4.26. The van der Waals surface area contributed by atoms with Gasteiger partial charge in [0, 0.05) is 70.5 Å². The van der Waals surface area contributed by atoms with E-state index in [0.717, 1.165) is 74.5 Å². The lowest BCUT2D eigenvalue weighted by atomic mass is 9.78. The molecule has 1 fully saturated rings. The predicted molar refractivity (Wildman–Crippen MR) is 242 cm³/mol. The second-order valence-electron chi connectivity index (χ2n) is 16.3. The number of carbonyl (C=O) groups is 4. The highest BCUT2D eigenvalue weighted by Crippen LogP contribution is 2.37. The van der Waals surface area contributed by atoms with Gasteiger partial charge in [0.15, 0.2) is 0 Å². The molecule has 4 aromatic carbocycles. The highest BCUT2D eigenvalue weighted by Gasteiger charge is 2.52. The van der Waals surface area contributed by atoms with E-state index in [-0.39, 0.29) is 23.6 Å². The van der Waals surface area contributed by atoms with Gasteiger partial charge in [-0.05, 0) is 103 Å². The third-order valence-electron chi connectivity index (χ3n) is 11.9. The quantitative estimate of drug-likeness (QED) is 0.0943. The van der Waals surface area contributed by atoms with Crippen LogP contribution < -0.4 is 5.46 Å². The lowest BCUT2D eigenvalue weighted by molar-refractivity contribution is 0.00578. The van der Waals surface area contributed by atoms with E-state index in [0.29, 0.717) is 22.3 Å². The van der Waals surface area contributed by atoms with Crippen LogP contribution in [0.3, 0.4) is 0 Å². The van der Waals surface area contributed by atoms with Gasteiger partial charge in [0.2, 0.25) is 0 Å². The summed E-state index contributed by atoms with van der Waals surface area (Å²) < 4.78 is 12.9. The number of imide groups is 2. The number of nitrogens with zero attached hydrogens (tertiary/aromatic N) is 6. The molecule has 4 amide bonds. The monoisotopic (exact) mass is 884 g/mol. The molecule has 11 rings (SSSR count). The summed E-state index contributed by atoms with van der Waals surface area (Å²) in [7, 11) is 2.45. The average Bonchev–Trinajstić information content (AvgIpc) is 3.74. The number of carbonyl (C=O) groups excluding carboxylic acids is 4. The van der Waals surface area contributed by atoms with Gasteiger partial charge in [-0.2, -0.15) is 0 Å². The van der Waals surface area contributed by atoms with E-state index in [1.807, 2.05) is 76.2 Å². The largest absolute Gasteiger partial charge is 0.494 e. The Kier molecular flexibility index (Phi) is 10.0. The number of hydrogen-bond donors (Lipinski definition) is 0. The van der Waals surface area contributed by atoms with E-state index in [2.05, 4.69) is 54.1 Å². The van der Waals surface area contributed by atoms with Gasteiger partial charge in [0.25, 0.3) is 23.6 Å². The van der Waals surface area contributed by atoms with Crippen molar-refractivity contribution in [1.82, 2.24) is 29.7 Å². The fourth-order valence-corrected chi connectivity index (χ4v) is 8.00. The first-order chi connectivity index (χ1) is 29.6. The van der Waals surface area contributed by atoms with Crippen LogP contribution in [0.5, 0.6) is 0 Å².